The lowest BCUT2D eigenvalue weighted by molar-refractivity contribution is -0.121. The second kappa shape index (κ2) is 11.7. The maximum Gasteiger partial charge on any atom is 0.297 e. The van der Waals surface area contributed by atoms with Crippen molar-refractivity contribution in [3.63, 3.8) is 0 Å². The van der Waals surface area contributed by atoms with E-state index in [0.29, 0.717) is 31.8 Å². The van der Waals surface area contributed by atoms with Gasteiger partial charge >= 0.3 is 0 Å². The minimum atomic E-state index is -1.87. The number of nitrogens with zero attached hydrogens (tertiary/aromatic N) is 4. The number of anilines is 2. The molecule has 9 rings (SSSR count). The number of amides is 2. The molecule has 1 atom stereocenters. The van der Waals surface area contributed by atoms with Crippen molar-refractivity contribution in [3.05, 3.63) is 158 Å². The molecule has 11 heteroatoms. The first kappa shape index (κ1) is 30.7. The third-order valence-electron chi connectivity index (χ3n) is 9.35. The zero-order chi connectivity index (χ0) is 34.1. The van der Waals surface area contributed by atoms with Crippen LogP contribution in [0.15, 0.2) is 123 Å². The number of aromatic nitrogens is 2. The van der Waals surface area contributed by atoms with Crippen LogP contribution >= 0.6 is 34.7 Å². The summed E-state index contributed by atoms with van der Waals surface area (Å²) in [6.07, 6.45) is 0. The molecule has 0 N–H and O–H groups in total. The Kier molecular flexibility index (Phi) is 7.17. The molecule has 0 fully saturated rings. The zero-order valence-electron chi connectivity index (χ0n) is 26.4. The SMILES string of the molecule is Cc1ccc2oc3c(c(=O)c2c1)C1(C(=O)N(Cc2ccc(Cl)cc2)c2ccccc21)N(c1nnc(SCc2cccc4ccccc24)s1)C3=O. The molecular weight excluding hydrogens is 688 g/mol. The van der Waals surface area contributed by atoms with E-state index < -0.39 is 22.8 Å². The van der Waals surface area contributed by atoms with Crippen LogP contribution in [0.25, 0.3) is 21.7 Å². The number of hydrogen-bond donors (Lipinski definition) is 0. The van der Waals surface area contributed by atoms with E-state index in [1.807, 2.05) is 55.5 Å². The summed E-state index contributed by atoms with van der Waals surface area (Å²) in [5, 5.41) is 12.3. The summed E-state index contributed by atoms with van der Waals surface area (Å²) in [6.45, 7) is 2.06. The minimum Gasteiger partial charge on any atom is -0.450 e. The molecule has 2 aliphatic rings. The molecule has 2 amide bonds. The van der Waals surface area contributed by atoms with Crippen molar-refractivity contribution < 1.29 is 14.0 Å². The van der Waals surface area contributed by atoms with Gasteiger partial charge in [-0.1, -0.05) is 119 Å². The van der Waals surface area contributed by atoms with E-state index in [1.165, 1.54) is 28.0 Å². The van der Waals surface area contributed by atoms with E-state index in [1.54, 1.807) is 41.3 Å². The summed E-state index contributed by atoms with van der Waals surface area (Å²) in [7, 11) is 0. The minimum absolute atomic E-state index is 0.0168. The number of benzene rings is 5. The maximum absolute atomic E-state index is 15.2. The first-order valence-electron chi connectivity index (χ1n) is 15.9. The summed E-state index contributed by atoms with van der Waals surface area (Å²) in [5.74, 6) is -0.641. The summed E-state index contributed by atoms with van der Waals surface area (Å²) < 4.78 is 6.86. The van der Waals surface area contributed by atoms with Crippen LogP contribution in [0.3, 0.4) is 0 Å². The molecule has 50 heavy (non-hydrogen) atoms. The van der Waals surface area contributed by atoms with Gasteiger partial charge in [-0.25, -0.2) is 0 Å². The number of para-hydroxylation sites is 1. The number of carbonyl (C=O) groups is 2. The molecular formula is C39H25ClN4O4S2. The molecule has 5 aromatic carbocycles. The second-order valence-corrected chi connectivity index (χ2v) is 14.9. The fraction of sp³-hybridized carbons (Fsp3) is 0.103. The summed E-state index contributed by atoms with van der Waals surface area (Å²) in [4.78, 5) is 47.4. The van der Waals surface area contributed by atoms with Crippen molar-refractivity contribution in [2.45, 2.75) is 29.1 Å². The Balaban J connectivity index is 1.20. The van der Waals surface area contributed by atoms with Crippen LogP contribution in [0.5, 0.6) is 0 Å². The normalized spacial score (nSPS) is 16.6. The predicted octanol–water partition coefficient (Wildman–Crippen LogP) is 8.50. The van der Waals surface area contributed by atoms with Crippen molar-refractivity contribution in [3.8, 4) is 0 Å². The van der Waals surface area contributed by atoms with E-state index >= 15 is 4.79 Å². The number of hydrogen-bond acceptors (Lipinski definition) is 8. The topological polar surface area (TPSA) is 96.6 Å². The Morgan fingerprint density at radius 3 is 2.50 bits per heavy atom. The Bertz CT molecular complexity index is 2600. The van der Waals surface area contributed by atoms with Crippen LogP contribution in [-0.4, -0.2) is 22.0 Å². The lowest BCUT2D eigenvalue weighted by Gasteiger charge is -2.32. The van der Waals surface area contributed by atoms with E-state index in [-0.39, 0.29) is 28.6 Å². The Labute approximate surface area is 298 Å². The lowest BCUT2D eigenvalue weighted by Crippen LogP contribution is -2.53. The Morgan fingerprint density at radius 2 is 1.64 bits per heavy atom. The van der Waals surface area contributed by atoms with Gasteiger partial charge in [0, 0.05) is 16.3 Å². The number of rotatable bonds is 6. The van der Waals surface area contributed by atoms with Gasteiger partial charge in [0.05, 0.1) is 23.2 Å². The lowest BCUT2D eigenvalue weighted by atomic mass is 9.84. The molecule has 0 radical (unpaired) electrons. The Morgan fingerprint density at radius 1 is 0.860 bits per heavy atom. The predicted molar refractivity (Wildman–Crippen MR) is 197 cm³/mol. The first-order chi connectivity index (χ1) is 24.3. The van der Waals surface area contributed by atoms with Crippen molar-refractivity contribution in [1.82, 2.24) is 10.2 Å². The molecule has 7 aromatic rings. The highest BCUT2D eigenvalue weighted by molar-refractivity contribution is 8.00. The van der Waals surface area contributed by atoms with Gasteiger partial charge in [0.25, 0.3) is 11.8 Å². The summed E-state index contributed by atoms with van der Waals surface area (Å²) >= 11 is 8.87. The van der Waals surface area contributed by atoms with Crippen LogP contribution in [0, 0.1) is 6.92 Å². The number of thioether (sulfide) groups is 1. The largest absolute Gasteiger partial charge is 0.450 e. The van der Waals surface area contributed by atoms with Crippen LogP contribution in [0.2, 0.25) is 5.02 Å². The van der Waals surface area contributed by atoms with E-state index in [4.69, 9.17) is 16.0 Å². The summed E-state index contributed by atoms with van der Waals surface area (Å²) in [5.41, 5.74) is 1.83. The second-order valence-electron chi connectivity index (χ2n) is 12.3. The van der Waals surface area contributed by atoms with Crippen LogP contribution in [-0.2, 0) is 22.6 Å². The highest BCUT2D eigenvalue weighted by atomic mass is 35.5. The van der Waals surface area contributed by atoms with Crippen LogP contribution in [0.4, 0.5) is 10.8 Å². The highest BCUT2D eigenvalue weighted by Crippen LogP contribution is 2.55. The standard InChI is InChI=1S/C39H25ClN4O4S2/c1-22-13-18-31-28(19-22)33(45)32-34(48-31)35(46)44(37-41-42-38(50-37)49-21-25-9-6-8-24-7-2-3-10-27(24)25)39(32)29-11-4-5-12-30(29)43(36(39)47)20-23-14-16-26(40)17-15-23/h2-19H,20-21H2,1H3. The maximum atomic E-state index is 15.2. The van der Waals surface area contributed by atoms with Crippen molar-refractivity contribution in [1.29, 1.82) is 0 Å². The molecule has 1 spiro atoms. The molecule has 244 valence electrons. The van der Waals surface area contributed by atoms with Crippen molar-refractivity contribution >= 4 is 79.1 Å². The van der Waals surface area contributed by atoms with Crippen LogP contribution in [0.1, 0.15) is 38.4 Å². The smallest absolute Gasteiger partial charge is 0.297 e. The summed E-state index contributed by atoms with van der Waals surface area (Å²) in [6, 6.07) is 34.1. The monoisotopic (exact) mass is 712 g/mol. The van der Waals surface area contributed by atoms with Gasteiger partial charge in [-0.2, -0.15) is 0 Å². The van der Waals surface area contributed by atoms with Gasteiger partial charge in [0.2, 0.25) is 10.9 Å². The fourth-order valence-electron chi connectivity index (χ4n) is 7.12. The molecule has 0 saturated heterocycles. The molecule has 2 aliphatic heterocycles. The number of fused-ring (bicyclic) bond motifs is 6. The number of aryl methyl sites for hydroxylation is 1. The van der Waals surface area contributed by atoms with E-state index in [0.717, 1.165) is 27.5 Å². The zero-order valence-corrected chi connectivity index (χ0v) is 28.8. The van der Waals surface area contributed by atoms with Gasteiger partial charge in [-0.05, 0) is 59.2 Å². The van der Waals surface area contributed by atoms with Crippen molar-refractivity contribution in [2.75, 3.05) is 9.80 Å². The van der Waals surface area contributed by atoms with Gasteiger partial charge in [0.15, 0.2) is 15.3 Å². The average Bonchev–Trinajstić information content (AvgIpc) is 3.77. The molecule has 8 nitrogen and oxygen atoms in total. The average molecular weight is 713 g/mol. The number of halogens is 1. The van der Waals surface area contributed by atoms with Crippen molar-refractivity contribution in [2.24, 2.45) is 0 Å². The molecule has 0 aliphatic carbocycles. The number of carbonyl (C=O) groups excluding carboxylic acids is 2. The third-order valence-corrected chi connectivity index (χ3v) is 11.7. The molecule has 2 aromatic heterocycles. The molecule has 4 heterocycles. The van der Waals surface area contributed by atoms with E-state index in [9.17, 15) is 9.59 Å². The molecule has 0 bridgehead atoms. The quantitative estimate of drug-likeness (QED) is 0.126. The molecule has 1 unspecified atom stereocenters. The third kappa shape index (κ3) is 4.56. The molecule has 0 saturated carbocycles. The highest BCUT2D eigenvalue weighted by Gasteiger charge is 2.66. The van der Waals surface area contributed by atoms with Gasteiger partial charge in [0.1, 0.15) is 5.58 Å². The van der Waals surface area contributed by atoms with Gasteiger partial charge in [-0.15, -0.1) is 10.2 Å². The van der Waals surface area contributed by atoms with E-state index in [2.05, 4.69) is 34.5 Å². The van der Waals surface area contributed by atoms with Gasteiger partial charge < -0.3 is 9.32 Å². The van der Waals surface area contributed by atoms with Gasteiger partial charge in [-0.3, -0.25) is 19.3 Å². The first-order valence-corrected chi connectivity index (χ1v) is 18.0. The fourth-order valence-corrected chi connectivity index (χ4v) is 9.14. The Hall–Kier alpha value is -5.29. The van der Waals surface area contributed by atoms with Crippen LogP contribution < -0.4 is 15.2 Å².